The lowest BCUT2D eigenvalue weighted by molar-refractivity contribution is -0.133. The van der Waals surface area contributed by atoms with Crippen LogP contribution in [0.5, 0.6) is 0 Å². The smallest absolute Gasteiger partial charge is 0.236 e. The van der Waals surface area contributed by atoms with E-state index in [0.717, 1.165) is 58.4 Å². The van der Waals surface area contributed by atoms with Gasteiger partial charge in [-0.1, -0.05) is 33.6 Å². The zero-order valence-corrected chi connectivity index (χ0v) is 13.7. The topological polar surface area (TPSA) is 35.6 Å². The molecule has 0 bridgehead atoms. The molecule has 0 radical (unpaired) electrons. The van der Waals surface area contributed by atoms with Gasteiger partial charge in [-0.15, -0.1) is 0 Å². The van der Waals surface area contributed by atoms with Crippen LogP contribution in [0.3, 0.4) is 0 Å². The number of rotatable bonds is 10. The standard InChI is InChI=1S/C16H33N3O/c1-4-7-11-19(12-8-5-2)16(20)14-18(6-3)15-9-10-17-13-15/h15,17H,4-14H2,1-3H3. The number of unbranched alkanes of at least 4 members (excludes halogenated alkanes) is 2. The molecule has 0 aromatic heterocycles. The average molecular weight is 283 g/mol. The largest absolute Gasteiger partial charge is 0.342 e. The number of hydrogen-bond donors (Lipinski definition) is 1. The summed E-state index contributed by atoms with van der Waals surface area (Å²) in [5, 5.41) is 3.39. The van der Waals surface area contributed by atoms with E-state index in [1.807, 2.05) is 0 Å². The van der Waals surface area contributed by atoms with Crippen molar-refractivity contribution in [2.75, 3.05) is 39.3 Å². The highest BCUT2D eigenvalue weighted by Gasteiger charge is 2.24. The van der Waals surface area contributed by atoms with Crippen molar-refractivity contribution in [3.05, 3.63) is 0 Å². The molecule has 0 aliphatic carbocycles. The molecule has 0 aromatic carbocycles. The van der Waals surface area contributed by atoms with E-state index in [4.69, 9.17) is 0 Å². The predicted molar refractivity (Wildman–Crippen MR) is 84.9 cm³/mol. The molecule has 1 amide bonds. The zero-order valence-electron chi connectivity index (χ0n) is 13.7. The summed E-state index contributed by atoms with van der Waals surface area (Å²) in [6.07, 6.45) is 5.71. The SMILES string of the molecule is CCCCN(CCCC)C(=O)CN(CC)C1CCNC1. The molecular formula is C16H33N3O. The summed E-state index contributed by atoms with van der Waals surface area (Å²) in [6, 6.07) is 0.545. The fourth-order valence-corrected chi connectivity index (χ4v) is 2.78. The van der Waals surface area contributed by atoms with E-state index >= 15 is 0 Å². The number of carbonyl (C=O) groups is 1. The van der Waals surface area contributed by atoms with E-state index in [1.54, 1.807) is 0 Å². The number of nitrogens with zero attached hydrogens (tertiary/aromatic N) is 2. The van der Waals surface area contributed by atoms with Gasteiger partial charge in [-0.2, -0.15) is 0 Å². The van der Waals surface area contributed by atoms with Crippen LogP contribution < -0.4 is 5.32 Å². The molecule has 0 saturated carbocycles. The number of carbonyl (C=O) groups excluding carboxylic acids is 1. The maximum Gasteiger partial charge on any atom is 0.236 e. The van der Waals surface area contributed by atoms with Crippen molar-refractivity contribution in [1.82, 2.24) is 15.1 Å². The lowest BCUT2D eigenvalue weighted by Crippen LogP contribution is -2.45. The lowest BCUT2D eigenvalue weighted by Gasteiger charge is -2.30. The van der Waals surface area contributed by atoms with Gasteiger partial charge in [-0.3, -0.25) is 9.69 Å². The second-order valence-corrected chi connectivity index (χ2v) is 5.80. The third-order valence-corrected chi connectivity index (χ3v) is 4.21. The van der Waals surface area contributed by atoms with Crippen molar-refractivity contribution >= 4 is 5.91 Å². The first-order valence-corrected chi connectivity index (χ1v) is 8.45. The molecule has 1 N–H and O–H groups in total. The van der Waals surface area contributed by atoms with Crippen LogP contribution in [0.25, 0.3) is 0 Å². The zero-order chi connectivity index (χ0) is 14.8. The van der Waals surface area contributed by atoms with Crippen molar-refractivity contribution in [2.24, 2.45) is 0 Å². The second kappa shape index (κ2) is 10.2. The molecular weight excluding hydrogens is 250 g/mol. The Bertz CT molecular complexity index is 256. The van der Waals surface area contributed by atoms with Crippen LogP contribution in [0, 0.1) is 0 Å². The van der Waals surface area contributed by atoms with Gasteiger partial charge in [-0.25, -0.2) is 0 Å². The summed E-state index contributed by atoms with van der Waals surface area (Å²) < 4.78 is 0. The number of amides is 1. The molecule has 20 heavy (non-hydrogen) atoms. The third-order valence-electron chi connectivity index (χ3n) is 4.21. The summed E-state index contributed by atoms with van der Waals surface area (Å²) in [4.78, 5) is 17.0. The first-order chi connectivity index (χ1) is 9.72. The van der Waals surface area contributed by atoms with Crippen LogP contribution in [-0.4, -0.2) is 61.0 Å². The Balaban J connectivity index is 2.48. The van der Waals surface area contributed by atoms with E-state index in [0.29, 0.717) is 18.5 Å². The summed E-state index contributed by atoms with van der Waals surface area (Å²) in [5.74, 6) is 0.320. The first kappa shape index (κ1) is 17.4. The molecule has 0 spiro atoms. The summed E-state index contributed by atoms with van der Waals surface area (Å²) in [5.41, 5.74) is 0. The Kier molecular flexibility index (Phi) is 8.86. The Morgan fingerprint density at radius 2 is 1.80 bits per heavy atom. The van der Waals surface area contributed by atoms with E-state index < -0.39 is 0 Å². The van der Waals surface area contributed by atoms with Gasteiger partial charge in [0.05, 0.1) is 6.54 Å². The summed E-state index contributed by atoms with van der Waals surface area (Å²) in [6.45, 7) is 12.1. The Morgan fingerprint density at radius 3 is 2.25 bits per heavy atom. The van der Waals surface area contributed by atoms with Gasteiger partial charge in [0.25, 0.3) is 0 Å². The number of hydrogen-bond acceptors (Lipinski definition) is 3. The maximum atomic E-state index is 12.5. The van der Waals surface area contributed by atoms with Crippen LogP contribution in [0.1, 0.15) is 52.9 Å². The van der Waals surface area contributed by atoms with Crippen molar-refractivity contribution in [2.45, 2.75) is 58.9 Å². The molecule has 4 nitrogen and oxygen atoms in total. The Morgan fingerprint density at radius 1 is 1.15 bits per heavy atom. The molecule has 1 fully saturated rings. The highest BCUT2D eigenvalue weighted by molar-refractivity contribution is 5.78. The fraction of sp³-hybridized carbons (Fsp3) is 0.938. The van der Waals surface area contributed by atoms with Crippen LogP contribution >= 0.6 is 0 Å². The van der Waals surface area contributed by atoms with Gasteiger partial charge in [0.2, 0.25) is 5.91 Å². The molecule has 1 heterocycles. The van der Waals surface area contributed by atoms with Gasteiger partial charge in [-0.05, 0) is 32.4 Å². The van der Waals surface area contributed by atoms with Gasteiger partial charge in [0, 0.05) is 25.7 Å². The van der Waals surface area contributed by atoms with E-state index in [-0.39, 0.29) is 0 Å². The Labute approximate surface area is 124 Å². The molecule has 0 aromatic rings. The van der Waals surface area contributed by atoms with Crippen LogP contribution in [0.15, 0.2) is 0 Å². The third kappa shape index (κ3) is 5.80. The molecule has 1 aliphatic heterocycles. The maximum absolute atomic E-state index is 12.5. The molecule has 1 rings (SSSR count). The van der Waals surface area contributed by atoms with Gasteiger partial charge >= 0.3 is 0 Å². The minimum Gasteiger partial charge on any atom is -0.342 e. The normalized spacial score (nSPS) is 18.7. The summed E-state index contributed by atoms with van der Waals surface area (Å²) in [7, 11) is 0. The van der Waals surface area contributed by atoms with E-state index in [2.05, 4.69) is 35.9 Å². The average Bonchev–Trinajstić information content (AvgIpc) is 2.98. The van der Waals surface area contributed by atoms with Crippen LogP contribution in [0.2, 0.25) is 0 Å². The minimum atomic E-state index is 0.320. The first-order valence-electron chi connectivity index (χ1n) is 8.45. The van der Waals surface area contributed by atoms with Gasteiger partial charge in [0.15, 0.2) is 0 Å². The summed E-state index contributed by atoms with van der Waals surface area (Å²) >= 11 is 0. The highest BCUT2D eigenvalue weighted by Crippen LogP contribution is 2.09. The van der Waals surface area contributed by atoms with Gasteiger partial charge < -0.3 is 10.2 Å². The number of likely N-dealkylation sites (N-methyl/N-ethyl adjacent to an activating group) is 1. The fourth-order valence-electron chi connectivity index (χ4n) is 2.78. The predicted octanol–water partition coefficient (Wildman–Crippen LogP) is 2.10. The molecule has 1 atom stereocenters. The van der Waals surface area contributed by atoms with Crippen molar-refractivity contribution in [3.8, 4) is 0 Å². The van der Waals surface area contributed by atoms with Crippen molar-refractivity contribution in [3.63, 3.8) is 0 Å². The van der Waals surface area contributed by atoms with Gasteiger partial charge in [0.1, 0.15) is 0 Å². The highest BCUT2D eigenvalue weighted by atomic mass is 16.2. The second-order valence-electron chi connectivity index (χ2n) is 5.80. The lowest BCUT2D eigenvalue weighted by atomic mass is 10.2. The van der Waals surface area contributed by atoms with Crippen LogP contribution in [-0.2, 0) is 4.79 Å². The molecule has 4 heteroatoms. The molecule has 1 saturated heterocycles. The van der Waals surface area contributed by atoms with Crippen molar-refractivity contribution < 1.29 is 4.79 Å². The minimum absolute atomic E-state index is 0.320. The van der Waals surface area contributed by atoms with E-state index in [1.165, 1.54) is 6.42 Å². The number of nitrogens with one attached hydrogen (secondary N) is 1. The van der Waals surface area contributed by atoms with Crippen molar-refractivity contribution in [1.29, 1.82) is 0 Å². The monoisotopic (exact) mass is 283 g/mol. The van der Waals surface area contributed by atoms with E-state index in [9.17, 15) is 4.79 Å². The molecule has 1 aliphatic rings. The quantitative estimate of drug-likeness (QED) is 0.667. The molecule has 1 unspecified atom stereocenters. The van der Waals surface area contributed by atoms with Crippen LogP contribution in [0.4, 0.5) is 0 Å². The Hall–Kier alpha value is -0.610. The molecule has 118 valence electrons.